The molecule has 1 aromatic carbocycles. The van der Waals surface area contributed by atoms with E-state index in [9.17, 15) is 4.79 Å². The highest BCUT2D eigenvalue weighted by atomic mass is 32.2. The smallest absolute Gasteiger partial charge is 0.316 e. The molecule has 0 aliphatic rings. The monoisotopic (exact) mass is 234 g/mol. The highest BCUT2D eigenvalue weighted by Gasteiger charge is 2.13. The van der Waals surface area contributed by atoms with Crippen LogP contribution in [0, 0.1) is 0 Å². The van der Waals surface area contributed by atoms with Crippen LogP contribution in [0.1, 0.15) is 6.92 Å². The van der Waals surface area contributed by atoms with Crippen molar-refractivity contribution < 1.29 is 9.90 Å². The fourth-order valence-corrected chi connectivity index (χ4v) is 1.96. The van der Waals surface area contributed by atoms with Gasteiger partial charge in [0.1, 0.15) is 10.3 Å². The zero-order valence-corrected chi connectivity index (χ0v) is 9.44. The van der Waals surface area contributed by atoms with Gasteiger partial charge in [0.2, 0.25) is 0 Å². The van der Waals surface area contributed by atoms with E-state index in [0.29, 0.717) is 5.03 Å². The number of hydrogen-bond acceptors (Lipinski definition) is 4. The summed E-state index contributed by atoms with van der Waals surface area (Å²) in [6.07, 6.45) is 1.60. The van der Waals surface area contributed by atoms with Crippen molar-refractivity contribution in [1.29, 1.82) is 0 Å². The Morgan fingerprint density at radius 2 is 2.06 bits per heavy atom. The van der Waals surface area contributed by atoms with Crippen molar-refractivity contribution in [2.75, 3.05) is 0 Å². The highest BCUT2D eigenvalue weighted by Crippen LogP contribution is 2.22. The van der Waals surface area contributed by atoms with Crippen LogP contribution < -0.4 is 0 Å². The summed E-state index contributed by atoms with van der Waals surface area (Å²) in [5, 5.41) is 8.90. The molecule has 0 radical (unpaired) electrons. The Morgan fingerprint density at radius 3 is 2.75 bits per heavy atom. The van der Waals surface area contributed by atoms with Crippen molar-refractivity contribution >= 4 is 28.8 Å². The summed E-state index contributed by atoms with van der Waals surface area (Å²) in [5.74, 6) is -0.847. The molecule has 82 valence electrons. The number of fused-ring (bicyclic) bond motifs is 1. The molecule has 0 aliphatic carbocycles. The summed E-state index contributed by atoms with van der Waals surface area (Å²) in [4.78, 5) is 19.3. The van der Waals surface area contributed by atoms with Gasteiger partial charge in [-0.2, -0.15) is 0 Å². The molecule has 4 nitrogen and oxygen atoms in total. The first-order valence-corrected chi connectivity index (χ1v) is 5.66. The molecule has 1 aromatic heterocycles. The van der Waals surface area contributed by atoms with Crippen LogP contribution in [0.25, 0.3) is 11.0 Å². The third-order valence-corrected chi connectivity index (χ3v) is 3.07. The summed E-state index contributed by atoms with van der Waals surface area (Å²) in [6.45, 7) is 1.63. The first-order valence-electron chi connectivity index (χ1n) is 4.78. The molecule has 0 saturated heterocycles. The van der Waals surface area contributed by atoms with Gasteiger partial charge in [-0.15, -0.1) is 0 Å². The molecule has 1 N–H and O–H groups in total. The average Bonchev–Trinajstić information content (AvgIpc) is 2.28. The predicted octanol–water partition coefficient (Wildman–Crippen LogP) is 2.19. The number of thioether (sulfide) groups is 1. The van der Waals surface area contributed by atoms with Gasteiger partial charge in [0.25, 0.3) is 0 Å². The Balaban J connectivity index is 2.29. The molecule has 1 atom stereocenters. The lowest BCUT2D eigenvalue weighted by Crippen LogP contribution is -2.11. The molecular formula is C11H10N2O2S. The molecule has 1 heterocycles. The summed E-state index contributed by atoms with van der Waals surface area (Å²) in [5.41, 5.74) is 1.60. The topological polar surface area (TPSA) is 63.1 Å². The minimum absolute atomic E-state index is 0.518. The number of carboxylic acid groups (broad SMARTS) is 1. The van der Waals surface area contributed by atoms with Crippen molar-refractivity contribution in [2.45, 2.75) is 17.2 Å². The van der Waals surface area contributed by atoms with E-state index >= 15 is 0 Å². The molecular weight excluding hydrogens is 224 g/mol. The van der Waals surface area contributed by atoms with Crippen molar-refractivity contribution in [1.82, 2.24) is 9.97 Å². The molecule has 5 heteroatoms. The van der Waals surface area contributed by atoms with Crippen LogP contribution in [0.4, 0.5) is 0 Å². The zero-order chi connectivity index (χ0) is 11.5. The van der Waals surface area contributed by atoms with Crippen molar-refractivity contribution in [2.24, 2.45) is 0 Å². The molecule has 0 spiro atoms. The molecule has 0 amide bonds. The van der Waals surface area contributed by atoms with Gasteiger partial charge >= 0.3 is 5.97 Å². The van der Waals surface area contributed by atoms with Gasteiger partial charge in [-0.25, -0.2) is 4.98 Å². The second-order valence-electron chi connectivity index (χ2n) is 3.30. The van der Waals surface area contributed by atoms with Crippen LogP contribution in [0.15, 0.2) is 35.5 Å². The first-order chi connectivity index (χ1) is 7.66. The largest absolute Gasteiger partial charge is 0.480 e. The van der Waals surface area contributed by atoms with Gasteiger partial charge in [0.15, 0.2) is 0 Å². The van der Waals surface area contributed by atoms with Gasteiger partial charge in [0.05, 0.1) is 17.2 Å². The second kappa shape index (κ2) is 4.49. The molecule has 0 saturated carbocycles. The van der Waals surface area contributed by atoms with Crippen molar-refractivity contribution in [3.63, 3.8) is 0 Å². The van der Waals surface area contributed by atoms with Crippen LogP contribution in [-0.4, -0.2) is 26.3 Å². The van der Waals surface area contributed by atoms with Gasteiger partial charge in [0, 0.05) is 0 Å². The van der Waals surface area contributed by atoms with Gasteiger partial charge < -0.3 is 5.11 Å². The van der Waals surface area contributed by atoms with Gasteiger partial charge in [-0.05, 0) is 19.1 Å². The minimum Gasteiger partial charge on any atom is -0.480 e. The lowest BCUT2D eigenvalue weighted by Gasteiger charge is -2.05. The van der Waals surface area contributed by atoms with E-state index in [2.05, 4.69) is 9.97 Å². The van der Waals surface area contributed by atoms with Crippen LogP contribution in [0.5, 0.6) is 0 Å². The third-order valence-electron chi connectivity index (χ3n) is 2.07. The Kier molecular flexibility index (Phi) is 3.05. The van der Waals surface area contributed by atoms with E-state index < -0.39 is 11.2 Å². The van der Waals surface area contributed by atoms with Crippen LogP contribution >= 0.6 is 11.8 Å². The maximum absolute atomic E-state index is 10.7. The fraction of sp³-hybridized carbons (Fsp3) is 0.182. The molecule has 2 aromatic rings. The number of carbonyl (C=O) groups is 1. The summed E-state index contributed by atoms with van der Waals surface area (Å²) in [7, 11) is 0. The van der Waals surface area contributed by atoms with Gasteiger partial charge in [-0.1, -0.05) is 23.9 Å². The van der Waals surface area contributed by atoms with Crippen molar-refractivity contribution in [3.05, 3.63) is 30.5 Å². The quantitative estimate of drug-likeness (QED) is 0.825. The molecule has 2 rings (SSSR count). The lowest BCUT2D eigenvalue weighted by molar-refractivity contribution is -0.136. The first kappa shape index (κ1) is 10.9. The average molecular weight is 234 g/mol. The highest BCUT2D eigenvalue weighted by molar-refractivity contribution is 8.00. The minimum atomic E-state index is -0.847. The number of aliphatic carboxylic acids is 1. The summed E-state index contributed by atoms with van der Waals surface area (Å²) < 4.78 is 0. The number of benzene rings is 1. The molecule has 0 unspecified atom stereocenters. The van der Waals surface area contributed by atoms with E-state index in [0.717, 1.165) is 11.0 Å². The third kappa shape index (κ3) is 2.30. The Hall–Kier alpha value is -1.62. The Bertz CT molecular complexity index is 530. The number of hydrogen-bond donors (Lipinski definition) is 1. The lowest BCUT2D eigenvalue weighted by atomic mass is 10.3. The zero-order valence-electron chi connectivity index (χ0n) is 8.62. The number of para-hydroxylation sites is 2. The predicted molar refractivity (Wildman–Crippen MR) is 62.5 cm³/mol. The number of rotatable bonds is 3. The number of carboxylic acids is 1. The van der Waals surface area contributed by atoms with Gasteiger partial charge in [-0.3, -0.25) is 9.78 Å². The van der Waals surface area contributed by atoms with E-state index in [1.165, 1.54) is 11.8 Å². The van der Waals surface area contributed by atoms with Crippen LogP contribution in [0.3, 0.4) is 0 Å². The normalized spacial score (nSPS) is 12.6. The molecule has 0 fully saturated rings. The van der Waals surface area contributed by atoms with Crippen LogP contribution in [-0.2, 0) is 4.79 Å². The van der Waals surface area contributed by atoms with E-state index in [-0.39, 0.29) is 0 Å². The fourth-order valence-electron chi connectivity index (χ4n) is 1.23. The second-order valence-corrected chi connectivity index (χ2v) is 4.66. The maximum Gasteiger partial charge on any atom is 0.316 e. The van der Waals surface area contributed by atoms with E-state index in [4.69, 9.17) is 5.11 Å². The van der Waals surface area contributed by atoms with Crippen LogP contribution in [0.2, 0.25) is 0 Å². The van der Waals surface area contributed by atoms with E-state index in [1.807, 2.05) is 24.3 Å². The maximum atomic E-state index is 10.7. The number of nitrogens with zero attached hydrogens (tertiary/aromatic N) is 2. The standard InChI is InChI=1S/C11H10N2O2S/c1-7(11(14)15)16-10-6-12-8-4-2-3-5-9(8)13-10/h2-7H,1H3,(H,14,15)/t7-/m1/s1. The summed E-state index contributed by atoms with van der Waals surface area (Å²) in [6, 6.07) is 7.50. The number of aromatic nitrogens is 2. The molecule has 16 heavy (non-hydrogen) atoms. The van der Waals surface area contributed by atoms with E-state index in [1.54, 1.807) is 13.1 Å². The summed E-state index contributed by atoms with van der Waals surface area (Å²) >= 11 is 1.19. The van der Waals surface area contributed by atoms with Crippen molar-refractivity contribution in [3.8, 4) is 0 Å². The molecule has 0 aliphatic heterocycles. The SMILES string of the molecule is C[C@@H](Sc1cnc2ccccc2n1)C(=O)O. The Labute approximate surface area is 96.7 Å². The Morgan fingerprint density at radius 1 is 1.38 bits per heavy atom. The molecule has 0 bridgehead atoms.